The number of hydrogen-bond donors (Lipinski definition) is 0. The molecule has 26 heavy (non-hydrogen) atoms. The van der Waals surface area contributed by atoms with Crippen LogP contribution in [0.25, 0.3) is 0 Å². The molecule has 0 amide bonds. The van der Waals surface area contributed by atoms with Crippen LogP contribution in [0.4, 0.5) is 0 Å². The van der Waals surface area contributed by atoms with E-state index in [2.05, 4.69) is 13.8 Å². The predicted octanol–water partition coefficient (Wildman–Crippen LogP) is 2.78. The zero-order valence-corrected chi connectivity index (χ0v) is 21.6. The van der Waals surface area contributed by atoms with E-state index in [9.17, 15) is 20.4 Å². The van der Waals surface area contributed by atoms with Gasteiger partial charge in [0.1, 0.15) is 0 Å². The molecular weight excluding hydrogens is 500 g/mol. The summed E-state index contributed by atoms with van der Waals surface area (Å²) in [4.78, 5) is 0. The third kappa shape index (κ3) is 122. The van der Waals surface area contributed by atoms with Gasteiger partial charge >= 0.3 is 21.1 Å². The van der Waals surface area contributed by atoms with Gasteiger partial charge in [0.05, 0.1) is 0 Å². The van der Waals surface area contributed by atoms with Crippen LogP contribution in [0.15, 0.2) is 0 Å². The minimum atomic E-state index is 0. The van der Waals surface area contributed by atoms with E-state index in [-0.39, 0.29) is 47.5 Å². The molecule has 0 aromatic heterocycles. The Labute approximate surface area is 180 Å². The molecule has 0 spiro atoms. The van der Waals surface area contributed by atoms with Crippen molar-refractivity contribution in [3.63, 3.8) is 0 Å². The summed E-state index contributed by atoms with van der Waals surface area (Å²) in [5.74, 6) is 0. The zero-order valence-electron chi connectivity index (χ0n) is 18.6. The molecule has 0 aromatic rings. The molecule has 0 saturated heterocycles. The smallest absolute Gasteiger partial charge is 0.854 e. The Morgan fingerprint density at radius 3 is 0.500 bits per heavy atom. The topological polar surface area (TPSA) is 92.2 Å². The van der Waals surface area contributed by atoms with Gasteiger partial charge in [0.25, 0.3) is 0 Å². The van der Waals surface area contributed by atoms with Gasteiger partial charge in [-0.1, -0.05) is 112 Å². The fraction of sp³-hybridized carbons (Fsp3) is 1.00. The van der Waals surface area contributed by atoms with E-state index in [0.717, 1.165) is 51.4 Å². The maximum atomic E-state index is 9.53. The summed E-state index contributed by atoms with van der Waals surface area (Å²) in [5, 5.41) is 38.1. The van der Waals surface area contributed by atoms with Crippen LogP contribution < -0.4 is 20.4 Å². The van der Waals surface area contributed by atoms with Crippen molar-refractivity contribution in [3.05, 3.63) is 0 Å². The molecular formula is C21H48O4W. The Kier molecular flexibility index (Phi) is 101. The molecule has 0 heterocycles. The first-order chi connectivity index (χ1) is 12.1. The first kappa shape index (κ1) is 41.0. The summed E-state index contributed by atoms with van der Waals surface area (Å²) in [6, 6.07) is 0. The Morgan fingerprint density at radius 1 is 0.346 bits per heavy atom. The van der Waals surface area contributed by atoms with Crippen molar-refractivity contribution in [1.82, 2.24) is 0 Å². The van der Waals surface area contributed by atoms with Crippen LogP contribution in [0.5, 0.6) is 0 Å². The standard InChI is InChI=1S/C5H12.4C4H9O.W/c1-3-5-4-2;4*1-2-3-4-5;/h3-5H2,1-2H3;4*2-4H2,1H3;/q;4*-1;+4. The molecule has 4 nitrogen and oxygen atoms in total. The summed E-state index contributed by atoms with van der Waals surface area (Å²) in [6.45, 7) is 12.8. The van der Waals surface area contributed by atoms with Gasteiger partial charge in [0, 0.05) is 0 Å². The Hall–Kier alpha value is 0.528. The molecule has 0 aliphatic heterocycles. The van der Waals surface area contributed by atoms with Crippen molar-refractivity contribution in [3.8, 4) is 0 Å². The molecule has 0 N–H and O–H groups in total. The van der Waals surface area contributed by atoms with Crippen LogP contribution in [-0.4, -0.2) is 26.4 Å². The second-order valence-corrected chi connectivity index (χ2v) is 5.58. The van der Waals surface area contributed by atoms with Crippen LogP contribution in [0.3, 0.4) is 0 Å². The predicted molar refractivity (Wildman–Crippen MR) is 104 cm³/mol. The summed E-state index contributed by atoms with van der Waals surface area (Å²) >= 11 is 0. The molecule has 0 saturated carbocycles. The molecule has 5 heteroatoms. The molecule has 162 valence electrons. The normalized spacial score (nSPS) is 8.08. The molecule has 0 atom stereocenters. The molecule has 0 fully saturated rings. The van der Waals surface area contributed by atoms with Crippen molar-refractivity contribution in [1.29, 1.82) is 0 Å². The second-order valence-electron chi connectivity index (χ2n) is 5.58. The van der Waals surface area contributed by atoms with Gasteiger partial charge in [-0.25, -0.2) is 0 Å². The monoisotopic (exact) mass is 548 g/mol. The van der Waals surface area contributed by atoms with E-state index in [0.29, 0.717) is 0 Å². The van der Waals surface area contributed by atoms with Gasteiger partial charge in [-0.3, -0.25) is 0 Å². The van der Waals surface area contributed by atoms with Crippen LogP contribution in [0, 0.1) is 0 Å². The fourth-order valence-corrected chi connectivity index (χ4v) is 0.931. The maximum Gasteiger partial charge on any atom is 4.00 e. The Bertz CT molecular complexity index is 94.4. The van der Waals surface area contributed by atoms with E-state index < -0.39 is 0 Å². The van der Waals surface area contributed by atoms with Gasteiger partial charge in [-0.05, 0) is 0 Å². The van der Waals surface area contributed by atoms with Gasteiger partial charge in [-0.2, -0.15) is 0 Å². The largest absolute Gasteiger partial charge is 4.00 e. The second kappa shape index (κ2) is 63.7. The van der Waals surface area contributed by atoms with Crippen LogP contribution >= 0.6 is 0 Å². The summed E-state index contributed by atoms with van der Waals surface area (Å²) < 4.78 is 0. The Balaban J connectivity index is -0.0000000476. The van der Waals surface area contributed by atoms with Crippen molar-refractivity contribution in [2.45, 2.75) is 112 Å². The third-order valence-electron chi connectivity index (χ3n) is 2.70. The number of unbranched alkanes of at least 4 members (excludes halogenated alkanes) is 6. The number of hydrogen-bond acceptors (Lipinski definition) is 4. The molecule has 0 bridgehead atoms. The molecule has 0 aromatic carbocycles. The van der Waals surface area contributed by atoms with Crippen molar-refractivity contribution < 1.29 is 41.5 Å². The van der Waals surface area contributed by atoms with Crippen LogP contribution in [0.2, 0.25) is 0 Å². The van der Waals surface area contributed by atoms with Crippen molar-refractivity contribution >= 4 is 0 Å². The average molecular weight is 548 g/mol. The van der Waals surface area contributed by atoms with E-state index in [1.165, 1.54) is 19.3 Å². The van der Waals surface area contributed by atoms with E-state index in [1.54, 1.807) is 0 Å². The van der Waals surface area contributed by atoms with E-state index >= 15 is 0 Å². The molecule has 0 unspecified atom stereocenters. The SMILES string of the molecule is CCCCC.CCCC[O-].CCCC[O-].CCCC[O-].CCCC[O-].[W+4]. The number of rotatable bonds is 10. The molecule has 0 aliphatic rings. The minimum Gasteiger partial charge on any atom is -0.854 e. The van der Waals surface area contributed by atoms with Crippen LogP contribution in [0.1, 0.15) is 112 Å². The maximum absolute atomic E-state index is 9.53. The van der Waals surface area contributed by atoms with E-state index in [4.69, 9.17) is 0 Å². The first-order valence-electron chi connectivity index (χ1n) is 10.4. The summed E-state index contributed by atoms with van der Waals surface area (Å²) in [6.07, 6.45) is 11.5. The fourth-order valence-electron chi connectivity index (χ4n) is 0.931. The summed E-state index contributed by atoms with van der Waals surface area (Å²) in [5.41, 5.74) is 0. The Morgan fingerprint density at radius 2 is 0.500 bits per heavy atom. The van der Waals surface area contributed by atoms with Gasteiger partial charge in [0.15, 0.2) is 0 Å². The van der Waals surface area contributed by atoms with Gasteiger partial charge in [-0.15, -0.1) is 26.4 Å². The minimum absolute atomic E-state index is 0. The molecule has 0 radical (unpaired) electrons. The van der Waals surface area contributed by atoms with Crippen LogP contribution in [-0.2, 0) is 21.1 Å². The van der Waals surface area contributed by atoms with Crippen molar-refractivity contribution in [2.24, 2.45) is 0 Å². The summed E-state index contributed by atoms with van der Waals surface area (Å²) in [7, 11) is 0. The quantitative estimate of drug-likeness (QED) is 0.420. The first-order valence-corrected chi connectivity index (χ1v) is 10.4. The van der Waals surface area contributed by atoms with Gasteiger partial charge in [0.2, 0.25) is 0 Å². The third-order valence-corrected chi connectivity index (χ3v) is 2.70. The zero-order chi connectivity index (χ0) is 20.6. The van der Waals surface area contributed by atoms with Gasteiger partial charge < -0.3 is 20.4 Å². The molecule has 0 rings (SSSR count). The van der Waals surface area contributed by atoms with E-state index in [1.807, 2.05) is 27.7 Å². The average Bonchev–Trinajstić information content (AvgIpc) is 2.61. The molecule has 0 aliphatic carbocycles. The van der Waals surface area contributed by atoms with Crippen molar-refractivity contribution in [2.75, 3.05) is 26.4 Å².